The summed E-state index contributed by atoms with van der Waals surface area (Å²) in [5.41, 5.74) is 0.113. The first-order chi connectivity index (χ1) is 10.0. The fraction of sp³-hybridized carbons (Fsp3) is 0.538. The Morgan fingerprint density at radius 3 is 2.52 bits per heavy atom. The highest BCUT2D eigenvalue weighted by Gasteiger charge is 2.42. The Morgan fingerprint density at radius 1 is 1.29 bits per heavy atom. The van der Waals surface area contributed by atoms with E-state index < -0.39 is 22.2 Å². The summed E-state index contributed by atoms with van der Waals surface area (Å²) in [7, 11) is -3.86. The van der Waals surface area contributed by atoms with Gasteiger partial charge in [0.25, 0.3) is 15.9 Å². The summed E-state index contributed by atoms with van der Waals surface area (Å²) in [6.45, 7) is 4.55. The van der Waals surface area contributed by atoms with Crippen LogP contribution in [-0.4, -0.2) is 49.7 Å². The molecule has 2 rings (SSSR count). The molecule has 1 aliphatic heterocycles. The molecular formula is C13H18N2O5S. The molecule has 0 radical (unpaired) electrons. The van der Waals surface area contributed by atoms with Gasteiger partial charge in [-0.2, -0.15) is 8.42 Å². The van der Waals surface area contributed by atoms with Crippen molar-refractivity contribution in [3.8, 4) is 0 Å². The summed E-state index contributed by atoms with van der Waals surface area (Å²) in [4.78, 5) is 16.0. The fourth-order valence-corrected chi connectivity index (χ4v) is 3.64. The van der Waals surface area contributed by atoms with Crippen LogP contribution in [0.5, 0.6) is 0 Å². The number of hydrogen-bond donors (Lipinski definition) is 0. The van der Waals surface area contributed by atoms with Crippen LogP contribution in [0.3, 0.4) is 0 Å². The Bertz CT molecular complexity index is 611. The number of carbonyl (C=O) groups is 1. The van der Waals surface area contributed by atoms with E-state index in [4.69, 9.17) is 9.47 Å². The monoisotopic (exact) mass is 314 g/mol. The average Bonchev–Trinajstić information content (AvgIpc) is 2.65. The molecule has 116 valence electrons. The van der Waals surface area contributed by atoms with Crippen LogP contribution in [0.1, 0.15) is 30.6 Å². The van der Waals surface area contributed by atoms with E-state index in [-0.39, 0.29) is 23.6 Å². The normalized spacial score (nSPS) is 16.5. The van der Waals surface area contributed by atoms with Gasteiger partial charge < -0.3 is 9.47 Å². The van der Waals surface area contributed by atoms with Crippen LogP contribution in [0.4, 0.5) is 0 Å². The summed E-state index contributed by atoms with van der Waals surface area (Å²) in [5, 5.41) is -0.181. The number of aromatic nitrogens is 1. The van der Waals surface area contributed by atoms with Crippen LogP contribution >= 0.6 is 0 Å². The van der Waals surface area contributed by atoms with Crippen LogP contribution in [0.2, 0.25) is 0 Å². The number of hydrogen-bond acceptors (Lipinski definition) is 6. The van der Waals surface area contributed by atoms with Crippen LogP contribution in [-0.2, 0) is 19.5 Å². The van der Waals surface area contributed by atoms with Gasteiger partial charge in [0, 0.05) is 32.4 Å². The predicted molar refractivity (Wildman–Crippen MR) is 74.1 cm³/mol. The number of sulfonamides is 1. The molecule has 0 fully saturated rings. The zero-order valence-electron chi connectivity index (χ0n) is 12.0. The lowest BCUT2D eigenvalue weighted by Gasteiger charge is -2.20. The highest BCUT2D eigenvalue weighted by Crippen LogP contribution is 2.28. The molecule has 0 atom stereocenters. The molecule has 1 aliphatic rings. The maximum absolute atomic E-state index is 12.3. The molecule has 0 spiro atoms. The largest absolute Gasteiger partial charge is 0.353 e. The van der Waals surface area contributed by atoms with Crippen molar-refractivity contribution in [2.45, 2.75) is 31.6 Å². The van der Waals surface area contributed by atoms with Crippen molar-refractivity contribution in [2.75, 3.05) is 19.8 Å². The summed E-state index contributed by atoms with van der Waals surface area (Å²) in [5.74, 6) is -0.551. The molecule has 0 aliphatic carbocycles. The summed E-state index contributed by atoms with van der Waals surface area (Å²) in [6, 6.07) is 3.00. The number of rotatable bonds is 7. The maximum atomic E-state index is 12.3. The number of fused-ring (bicyclic) bond motifs is 1. The topological polar surface area (TPSA) is 85.8 Å². The standard InChI is InChI=1S/C13H18N2O5S/c1-3-19-11(20-4-2)7-9-15-13(16)10-6-5-8-14-12(10)21(15,17)18/h5-6,8,11H,3-4,7,9H2,1-2H3. The Hall–Kier alpha value is -1.51. The zero-order valence-corrected chi connectivity index (χ0v) is 12.8. The molecule has 0 aromatic carbocycles. The zero-order chi connectivity index (χ0) is 15.5. The molecule has 0 unspecified atom stereocenters. The number of carbonyl (C=O) groups excluding carboxylic acids is 1. The molecule has 0 N–H and O–H groups in total. The van der Waals surface area contributed by atoms with E-state index in [0.29, 0.717) is 13.2 Å². The lowest BCUT2D eigenvalue weighted by molar-refractivity contribution is -0.139. The summed E-state index contributed by atoms with van der Waals surface area (Å²) in [6.07, 6.45) is 1.11. The van der Waals surface area contributed by atoms with E-state index in [2.05, 4.69) is 4.98 Å². The molecule has 7 nitrogen and oxygen atoms in total. The van der Waals surface area contributed by atoms with Crippen molar-refractivity contribution >= 4 is 15.9 Å². The Balaban J connectivity index is 2.13. The van der Waals surface area contributed by atoms with Gasteiger partial charge in [-0.25, -0.2) is 9.29 Å². The number of ether oxygens (including phenoxy) is 2. The quantitative estimate of drug-likeness (QED) is 0.698. The van der Waals surface area contributed by atoms with Gasteiger partial charge in [-0.3, -0.25) is 4.79 Å². The van der Waals surface area contributed by atoms with Gasteiger partial charge in [0.2, 0.25) is 0 Å². The van der Waals surface area contributed by atoms with E-state index in [1.54, 1.807) is 6.07 Å². The Labute approximate surface area is 123 Å². The number of amides is 1. The van der Waals surface area contributed by atoms with Crippen molar-refractivity contribution < 1.29 is 22.7 Å². The molecule has 0 saturated carbocycles. The van der Waals surface area contributed by atoms with E-state index in [1.165, 1.54) is 12.3 Å². The van der Waals surface area contributed by atoms with Gasteiger partial charge in [0.15, 0.2) is 11.3 Å². The summed E-state index contributed by atoms with van der Waals surface area (Å²) >= 11 is 0. The third-order valence-electron chi connectivity index (χ3n) is 3.04. The van der Waals surface area contributed by atoms with Crippen LogP contribution < -0.4 is 0 Å². The second-order valence-corrected chi connectivity index (χ2v) is 6.14. The SMILES string of the molecule is CCOC(CCN1C(=O)c2cccnc2S1(=O)=O)OCC. The van der Waals surface area contributed by atoms with Gasteiger partial charge in [0.05, 0.1) is 5.56 Å². The van der Waals surface area contributed by atoms with Gasteiger partial charge in [-0.15, -0.1) is 0 Å². The van der Waals surface area contributed by atoms with Crippen molar-refractivity contribution in [2.24, 2.45) is 0 Å². The van der Waals surface area contributed by atoms with E-state index >= 15 is 0 Å². The van der Waals surface area contributed by atoms with Gasteiger partial charge in [-0.05, 0) is 26.0 Å². The first kappa shape index (κ1) is 15.9. The average molecular weight is 314 g/mol. The van der Waals surface area contributed by atoms with E-state index in [0.717, 1.165) is 4.31 Å². The first-order valence-electron chi connectivity index (χ1n) is 6.77. The van der Waals surface area contributed by atoms with Crippen molar-refractivity contribution in [1.29, 1.82) is 0 Å². The van der Waals surface area contributed by atoms with Crippen LogP contribution in [0.25, 0.3) is 0 Å². The molecule has 2 heterocycles. The van der Waals surface area contributed by atoms with Gasteiger partial charge in [0.1, 0.15) is 0 Å². The predicted octanol–water partition coefficient (Wildman–Crippen LogP) is 1.02. The molecular weight excluding hydrogens is 296 g/mol. The molecule has 0 saturated heterocycles. The Morgan fingerprint density at radius 2 is 1.95 bits per heavy atom. The second-order valence-electron chi connectivity index (χ2n) is 4.37. The van der Waals surface area contributed by atoms with Crippen LogP contribution in [0.15, 0.2) is 23.4 Å². The number of pyridine rings is 1. The lowest BCUT2D eigenvalue weighted by atomic mass is 10.2. The van der Waals surface area contributed by atoms with Gasteiger partial charge >= 0.3 is 0 Å². The minimum Gasteiger partial charge on any atom is -0.353 e. The highest BCUT2D eigenvalue weighted by molar-refractivity contribution is 7.90. The van der Waals surface area contributed by atoms with E-state index in [1.807, 2.05) is 13.8 Å². The minimum atomic E-state index is -3.86. The third-order valence-corrected chi connectivity index (χ3v) is 4.78. The molecule has 1 aromatic rings. The second kappa shape index (κ2) is 6.50. The van der Waals surface area contributed by atoms with Crippen LogP contribution in [0, 0.1) is 0 Å². The lowest BCUT2D eigenvalue weighted by Crippen LogP contribution is -2.34. The first-order valence-corrected chi connectivity index (χ1v) is 8.21. The minimum absolute atomic E-state index is 0.00218. The van der Waals surface area contributed by atoms with Crippen molar-refractivity contribution in [3.63, 3.8) is 0 Å². The van der Waals surface area contributed by atoms with Crippen molar-refractivity contribution in [3.05, 3.63) is 23.9 Å². The molecule has 8 heteroatoms. The third kappa shape index (κ3) is 3.07. The highest BCUT2D eigenvalue weighted by atomic mass is 32.2. The van der Waals surface area contributed by atoms with Crippen molar-refractivity contribution in [1.82, 2.24) is 9.29 Å². The Kier molecular flexibility index (Phi) is 4.92. The maximum Gasteiger partial charge on any atom is 0.285 e. The smallest absolute Gasteiger partial charge is 0.285 e. The number of nitrogens with zero attached hydrogens (tertiary/aromatic N) is 2. The van der Waals surface area contributed by atoms with Gasteiger partial charge in [-0.1, -0.05) is 0 Å². The summed E-state index contributed by atoms with van der Waals surface area (Å²) < 4.78 is 36.1. The molecule has 21 heavy (non-hydrogen) atoms. The molecule has 1 aromatic heterocycles. The fourth-order valence-electron chi connectivity index (χ4n) is 2.14. The molecule has 0 bridgehead atoms. The van der Waals surface area contributed by atoms with E-state index in [9.17, 15) is 13.2 Å². The molecule has 1 amide bonds.